The van der Waals surface area contributed by atoms with E-state index in [4.69, 9.17) is 45.8 Å². The molecule has 17 aromatic rings. The Labute approximate surface area is 680 Å². The van der Waals surface area contributed by atoms with Crippen LogP contribution in [0.25, 0.3) is 127 Å². The first-order valence-corrected chi connectivity index (χ1v) is 39.9. The Kier molecular flexibility index (Phi) is 25.6. The smallest absolute Gasteiger partial charge is 0.0970 e. The van der Waals surface area contributed by atoms with Gasteiger partial charge >= 0.3 is 22.5 Å². The molecule has 0 amide bonds. The summed E-state index contributed by atoms with van der Waals surface area (Å²) in [5.74, 6) is 0. The maximum absolute atomic E-state index is 8.41. The van der Waals surface area contributed by atoms with Crippen molar-refractivity contribution >= 4 is 105 Å². The van der Waals surface area contributed by atoms with E-state index in [2.05, 4.69) is 373 Å². The van der Waals surface area contributed by atoms with Gasteiger partial charge in [-0.2, -0.15) is 0 Å². The second-order valence-corrected chi connectivity index (χ2v) is 29.7. The second kappa shape index (κ2) is 36.5. The van der Waals surface area contributed by atoms with Crippen LogP contribution in [0.4, 0.5) is 5.69 Å². The van der Waals surface area contributed by atoms with E-state index in [1.54, 1.807) is 0 Å². The molecule has 1 N–H and O–H groups in total. The topological polar surface area (TPSA) is 111 Å². The summed E-state index contributed by atoms with van der Waals surface area (Å²) in [7, 11) is 0. The van der Waals surface area contributed by atoms with Crippen LogP contribution >= 0.6 is 39.1 Å². The fourth-order valence-corrected chi connectivity index (χ4v) is 15.9. The van der Waals surface area contributed by atoms with Gasteiger partial charge < -0.3 is 5.32 Å². The fraction of sp³-hybridized carbons (Fsp3) is 0.110. The van der Waals surface area contributed by atoms with Crippen LogP contribution in [0.3, 0.4) is 0 Å². The van der Waals surface area contributed by atoms with Crippen LogP contribution in [-0.4, -0.2) is 30.3 Å². The minimum atomic E-state index is -1.44. The van der Waals surface area contributed by atoms with E-state index in [9.17, 15) is 0 Å². The molecule has 12 heteroatoms. The third-order valence-corrected chi connectivity index (χ3v) is 21.5. The van der Waals surface area contributed by atoms with Crippen LogP contribution in [0.2, 0.25) is 0 Å². The number of nitrogens with zero attached hydrogens (tertiary/aromatic N) is 5. The molecule has 5 aromatic heterocycles. The van der Waals surface area contributed by atoms with Crippen molar-refractivity contribution in [2.75, 3.05) is 10.7 Å². The fourth-order valence-electron chi connectivity index (χ4n) is 15.7. The monoisotopic (exact) mass is 1600 g/mol. The Morgan fingerprint density at radius 2 is 0.634 bits per heavy atom. The molecule has 0 saturated carbocycles. The number of hydrogen-bond donors (Lipinski definition) is 1. The van der Waals surface area contributed by atoms with Crippen LogP contribution in [-0.2, 0) is 22.5 Å². The van der Waals surface area contributed by atoms with Gasteiger partial charge in [-0.15, -0.1) is 23.2 Å². The molecular weight excluding hydrogens is 1520 g/mol. The van der Waals surface area contributed by atoms with Crippen LogP contribution in [0.15, 0.2) is 320 Å². The summed E-state index contributed by atoms with van der Waals surface area (Å²) in [4.78, 5) is 24.4. The molecule has 6 heterocycles. The molecule has 112 heavy (non-hydrogen) atoms. The molecule has 1 aliphatic rings. The zero-order valence-corrected chi connectivity index (χ0v) is 68.1. The van der Waals surface area contributed by atoms with Crippen molar-refractivity contribution < 1.29 is 22.5 Å². The van der Waals surface area contributed by atoms with Gasteiger partial charge in [0.05, 0.1) is 50.3 Å². The van der Waals surface area contributed by atoms with Crippen molar-refractivity contribution in [1.29, 1.82) is 0 Å². The van der Waals surface area contributed by atoms with Gasteiger partial charge in [0, 0.05) is 67.3 Å². The molecule has 12 aromatic carbocycles. The van der Waals surface area contributed by atoms with Gasteiger partial charge in [-0.05, 0) is 204 Å². The van der Waals surface area contributed by atoms with Crippen molar-refractivity contribution in [2.24, 2.45) is 0 Å². The summed E-state index contributed by atoms with van der Waals surface area (Å²) in [5, 5.41) is 9.75. The van der Waals surface area contributed by atoms with E-state index in [0.29, 0.717) is 0 Å². The first-order chi connectivity index (χ1) is 54.5. The number of nitrogens with one attached hydrogen (secondary N) is 1. The average molecular weight is 1610 g/mol. The molecule has 1 atom stereocenters. The molecule has 0 fully saturated rings. The first kappa shape index (κ1) is 78.5. The second-order valence-electron chi connectivity index (χ2n) is 28.0. The van der Waals surface area contributed by atoms with E-state index in [-0.39, 0.29) is 11.4 Å². The standard InChI is InChI=1S/C33H28N2.C33H26N2.C24H16N2.C9H11Br.CH2Cl2.Mn.2O/c2*1-21-18-22(2)31(23(3)19-21)30-20-29(25-12-8-5-9-13-25)28-15-14-27-26(24-10-6-4-7-11-24)16-17-34-32(27)33(28)35-30;1-3-7-17(8-4-1)19-13-15-25-23-21(19)11-12-22-20(14-16-26-24(22)23)18-9-5-2-6-10-18;1-6-4-7(2)9(10)8(3)5-6;2-1-3;;;/h4-20,30,35H,1-3H3;4-20H,1-3H3;1-16H;4-5H,1-3H3;1H2;;;. The van der Waals surface area contributed by atoms with Crippen LogP contribution in [0, 0.1) is 62.3 Å². The molecule has 18 rings (SSSR count). The molecule has 1 unspecified atom stereocenters. The van der Waals surface area contributed by atoms with Gasteiger partial charge in [-0.3, -0.25) is 19.9 Å². The van der Waals surface area contributed by atoms with Crippen molar-refractivity contribution in [1.82, 2.24) is 24.9 Å². The molecule has 0 radical (unpaired) electrons. The third kappa shape index (κ3) is 17.4. The van der Waals surface area contributed by atoms with Gasteiger partial charge in [-0.25, -0.2) is 4.98 Å². The predicted octanol–water partition coefficient (Wildman–Crippen LogP) is 27.8. The van der Waals surface area contributed by atoms with Crippen LogP contribution in [0.1, 0.15) is 72.8 Å². The summed E-state index contributed by atoms with van der Waals surface area (Å²) in [6.07, 6.45) is 9.98. The molecule has 1 aliphatic heterocycles. The molecule has 0 aliphatic carbocycles. The predicted molar refractivity (Wildman–Crippen MR) is 469 cm³/mol. The number of rotatable bonds is 8. The SMILES string of the molecule is Cc1cc(C)c(-c2cc(-c3ccccc3)c3ccc4c(-c5ccccc5)ccnc4c3n2)c(C)c1.Cc1cc(C)c(Br)c(C)c1.Cc1cc(C)c(C2C=C(c3ccccc3)c3ccc4c(-c5ccccc5)ccnc4c3N2)c(C)c1.ClCCl.[O]=[Mn]=[O].c1ccc(-c2ccnc3c2ccc2c(-c4ccccc4)ccnc23)cc1. The molecular formula is C100H83BrCl2MnN6O2. The van der Waals surface area contributed by atoms with Crippen molar-refractivity contribution in [2.45, 2.75) is 68.4 Å². The maximum atomic E-state index is 8.41. The Hall–Kier alpha value is -11.6. The van der Waals surface area contributed by atoms with Gasteiger partial charge in [-0.1, -0.05) is 287 Å². The largest absolute Gasteiger partial charge is 0.254 e. The normalized spacial score (nSPS) is 11.9. The number of anilines is 1. The molecule has 0 spiro atoms. The number of hydrogen-bond acceptors (Lipinski definition) is 8. The zero-order valence-electron chi connectivity index (χ0n) is 63.9. The van der Waals surface area contributed by atoms with E-state index in [1.165, 1.54) is 138 Å². The van der Waals surface area contributed by atoms with E-state index in [0.717, 1.165) is 65.9 Å². The van der Waals surface area contributed by atoms with Crippen molar-refractivity contribution in [3.63, 3.8) is 0 Å². The Morgan fingerprint density at radius 1 is 0.339 bits per heavy atom. The number of alkyl halides is 2. The summed E-state index contributed by atoms with van der Waals surface area (Å²) < 4.78 is 18.0. The number of pyridine rings is 5. The Bertz CT molecular complexity index is 6140. The minimum absolute atomic E-state index is 0.0612. The Balaban J connectivity index is 0.000000135. The van der Waals surface area contributed by atoms with Gasteiger partial charge in [0.1, 0.15) is 0 Å². The minimum Gasteiger partial charge on any atom is -0.254 e. The van der Waals surface area contributed by atoms with Gasteiger partial charge in [0.2, 0.25) is 0 Å². The molecule has 0 saturated heterocycles. The number of halogens is 3. The Morgan fingerprint density at radius 3 is 1.01 bits per heavy atom. The van der Waals surface area contributed by atoms with Crippen molar-refractivity contribution in [3.05, 3.63) is 387 Å². The number of fused-ring (bicyclic) bond motifs is 9. The first-order valence-electron chi connectivity index (χ1n) is 37.1. The van der Waals surface area contributed by atoms with E-state index >= 15 is 0 Å². The molecule has 0 bridgehead atoms. The zero-order chi connectivity index (χ0) is 78.4. The molecule has 8 nitrogen and oxygen atoms in total. The molecule has 553 valence electrons. The summed E-state index contributed by atoms with van der Waals surface area (Å²) >= 11 is 11.6. The van der Waals surface area contributed by atoms with Crippen molar-refractivity contribution in [3.8, 4) is 66.9 Å². The van der Waals surface area contributed by atoms with Crippen LogP contribution < -0.4 is 5.32 Å². The summed E-state index contributed by atoms with van der Waals surface area (Å²) in [6.45, 7) is 19.5. The van der Waals surface area contributed by atoms with E-state index < -0.39 is 14.8 Å². The van der Waals surface area contributed by atoms with Gasteiger partial charge in [0.15, 0.2) is 0 Å². The summed E-state index contributed by atoms with van der Waals surface area (Å²) in [5.41, 5.74) is 36.6. The van der Waals surface area contributed by atoms with Crippen LogP contribution in [0.5, 0.6) is 0 Å². The number of benzene rings is 12. The summed E-state index contributed by atoms with van der Waals surface area (Å²) in [6, 6.07) is 101. The van der Waals surface area contributed by atoms with Gasteiger partial charge in [0.25, 0.3) is 0 Å². The average Bonchev–Trinajstić information content (AvgIpc) is 0.739. The maximum Gasteiger partial charge on any atom is 0.0970 e. The third-order valence-electron chi connectivity index (χ3n) is 20.2. The number of aromatic nitrogens is 5. The van der Waals surface area contributed by atoms with E-state index in [1.807, 2.05) is 36.9 Å². The number of aryl methyl sites for hydroxylation is 9. The quantitative estimate of drug-likeness (QED) is 0.0910.